The second-order valence-corrected chi connectivity index (χ2v) is 9.69. The largest absolute Gasteiger partial charge is 0.497 e. The molecule has 1 unspecified atom stereocenters. The zero-order chi connectivity index (χ0) is 26.5. The van der Waals surface area contributed by atoms with Gasteiger partial charge in [0.2, 0.25) is 18.6 Å². The third-order valence-corrected chi connectivity index (χ3v) is 7.11. The molecule has 1 atom stereocenters. The van der Waals surface area contributed by atoms with E-state index in [0.29, 0.717) is 46.1 Å². The fourth-order valence-electron chi connectivity index (χ4n) is 4.04. The Hall–Kier alpha value is -4.18. The molecule has 5 rings (SSSR count). The van der Waals surface area contributed by atoms with Crippen molar-refractivity contribution in [2.24, 2.45) is 4.99 Å². The Bertz CT molecular complexity index is 1360. The minimum Gasteiger partial charge on any atom is -0.497 e. The van der Waals surface area contributed by atoms with Gasteiger partial charge in [0.25, 0.3) is 0 Å². The van der Waals surface area contributed by atoms with Gasteiger partial charge in [-0.2, -0.15) is 0 Å². The van der Waals surface area contributed by atoms with Crippen molar-refractivity contribution in [3.05, 3.63) is 72.3 Å². The molecule has 196 valence electrons. The molecular weight excluding hydrogens is 506 g/mol. The fourth-order valence-corrected chi connectivity index (χ4v) is 5.14. The lowest BCUT2D eigenvalue weighted by Gasteiger charge is -2.32. The van der Waals surface area contributed by atoms with Gasteiger partial charge in [0.1, 0.15) is 16.7 Å². The van der Waals surface area contributed by atoms with E-state index in [0.717, 1.165) is 5.56 Å². The number of carbonyl (C=O) groups excluding carboxylic acids is 2. The lowest BCUT2D eigenvalue weighted by Crippen LogP contribution is -2.44. The standard InChI is InChI=1S/C28H27N3O6S/c1-3-35-22-6-4-5-20(14-22)29-27(33)25-15-26(32)31(16-18-7-12-23-24(13-18)37-17-36-23)28(38-25)30-19-8-10-21(34-2)11-9-19/h4-14,25H,3,15-17H2,1-2H3,(H,29,33). The number of amidine groups is 1. The number of nitrogens with one attached hydrogen (secondary N) is 1. The molecule has 2 heterocycles. The second-order valence-electron chi connectivity index (χ2n) is 8.52. The van der Waals surface area contributed by atoms with Crippen molar-refractivity contribution in [2.75, 3.05) is 25.8 Å². The summed E-state index contributed by atoms with van der Waals surface area (Å²) in [6.45, 7) is 2.87. The van der Waals surface area contributed by atoms with E-state index >= 15 is 0 Å². The van der Waals surface area contributed by atoms with Crippen LogP contribution in [0.5, 0.6) is 23.0 Å². The van der Waals surface area contributed by atoms with Gasteiger partial charge >= 0.3 is 0 Å². The van der Waals surface area contributed by atoms with Crippen LogP contribution < -0.4 is 24.3 Å². The van der Waals surface area contributed by atoms with E-state index in [1.54, 1.807) is 48.4 Å². The van der Waals surface area contributed by atoms with Crippen molar-refractivity contribution in [1.82, 2.24) is 4.90 Å². The van der Waals surface area contributed by atoms with Crippen LogP contribution in [0.2, 0.25) is 0 Å². The third kappa shape index (κ3) is 5.86. The number of carbonyl (C=O) groups is 2. The first-order valence-corrected chi connectivity index (χ1v) is 13.0. The van der Waals surface area contributed by atoms with Gasteiger partial charge in [-0.3, -0.25) is 14.5 Å². The van der Waals surface area contributed by atoms with Gasteiger partial charge in [-0.05, 0) is 61.0 Å². The summed E-state index contributed by atoms with van der Waals surface area (Å²) < 4.78 is 21.7. The molecule has 0 saturated carbocycles. The summed E-state index contributed by atoms with van der Waals surface area (Å²) in [4.78, 5) is 33.0. The summed E-state index contributed by atoms with van der Waals surface area (Å²) in [5.74, 6) is 2.20. The van der Waals surface area contributed by atoms with Crippen molar-refractivity contribution < 1.29 is 28.5 Å². The molecule has 0 radical (unpaired) electrons. The summed E-state index contributed by atoms with van der Waals surface area (Å²) >= 11 is 1.26. The molecule has 0 spiro atoms. The van der Waals surface area contributed by atoms with Crippen LogP contribution in [0.3, 0.4) is 0 Å². The van der Waals surface area contributed by atoms with Crippen molar-refractivity contribution in [3.63, 3.8) is 0 Å². The molecule has 2 aliphatic rings. The minimum atomic E-state index is -0.650. The molecular formula is C28H27N3O6S. The number of thioether (sulfide) groups is 1. The molecule has 0 aliphatic carbocycles. The monoisotopic (exact) mass is 533 g/mol. The summed E-state index contributed by atoms with van der Waals surface area (Å²) in [6.07, 6.45) is 0.0356. The van der Waals surface area contributed by atoms with Crippen molar-refractivity contribution in [3.8, 4) is 23.0 Å². The number of anilines is 1. The lowest BCUT2D eigenvalue weighted by atomic mass is 10.1. The molecule has 9 nitrogen and oxygen atoms in total. The first-order valence-electron chi connectivity index (χ1n) is 12.1. The topological polar surface area (TPSA) is 98.7 Å². The van der Waals surface area contributed by atoms with E-state index in [4.69, 9.17) is 23.9 Å². The Morgan fingerprint density at radius 2 is 1.89 bits per heavy atom. The summed E-state index contributed by atoms with van der Waals surface area (Å²) in [7, 11) is 1.59. The third-order valence-electron chi connectivity index (χ3n) is 5.92. The van der Waals surface area contributed by atoms with Crippen LogP contribution in [-0.2, 0) is 16.1 Å². The number of nitrogens with zero attached hydrogens (tertiary/aromatic N) is 2. The smallest absolute Gasteiger partial charge is 0.238 e. The highest BCUT2D eigenvalue weighted by molar-refractivity contribution is 8.15. The molecule has 2 aliphatic heterocycles. The predicted octanol–water partition coefficient (Wildman–Crippen LogP) is 4.98. The number of hydrogen-bond donors (Lipinski definition) is 1. The SMILES string of the molecule is CCOc1cccc(NC(=O)C2CC(=O)N(Cc3ccc4c(c3)OCO4)C(=Nc3ccc(OC)cc3)S2)c1. The number of aliphatic imine (C=N–C) groups is 1. The van der Waals surface area contributed by atoms with Crippen molar-refractivity contribution >= 4 is 40.1 Å². The maximum atomic E-state index is 13.4. The Morgan fingerprint density at radius 3 is 2.68 bits per heavy atom. The maximum absolute atomic E-state index is 13.4. The first-order chi connectivity index (χ1) is 18.5. The average Bonchev–Trinajstić information content (AvgIpc) is 3.39. The number of benzene rings is 3. The number of amides is 2. The lowest BCUT2D eigenvalue weighted by molar-refractivity contribution is -0.129. The molecule has 2 amide bonds. The van der Waals surface area contributed by atoms with Crippen LogP contribution >= 0.6 is 11.8 Å². The molecule has 0 bridgehead atoms. The molecule has 0 aromatic heterocycles. The van der Waals surface area contributed by atoms with Crippen LogP contribution in [0, 0.1) is 0 Å². The van der Waals surface area contributed by atoms with Gasteiger partial charge in [0, 0.05) is 18.2 Å². The quantitative estimate of drug-likeness (QED) is 0.436. The second kappa shape index (κ2) is 11.5. The van der Waals surface area contributed by atoms with E-state index < -0.39 is 5.25 Å². The van der Waals surface area contributed by atoms with Gasteiger partial charge < -0.3 is 24.3 Å². The summed E-state index contributed by atoms with van der Waals surface area (Å²) in [5.41, 5.74) is 2.11. The molecule has 3 aromatic rings. The number of hydrogen-bond acceptors (Lipinski definition) is 8. The minimum absolute atomic E-state index is 0.0356. The van der Waals surface area contributed by atoms with Gasteiger partial charge in [0.15, 0.2) is 16.7 Å². The average molecular weight is 534 g/mol. The van der Waals surface area contributed by atoms with E-state index in [-0.39, 0.29) is 31.6 Å². The Morgan fingerprint density at radius 1 is 1.08 bits per heavy atom. The molecule has 1 saturated heterocycles. The molecule has 1 fully saturated rings. The zero-order valence-electron chi connectivity index (χ0n) is 21.0. The van der Waals surface area contributed by atoms with E-state index in [1.165, 1.54) is 11.8 Å². The zero-order valence-corrected chi connectivity index (χ0v) is 21.8. The molecule has 38 heavy (non-hydrogen) atoms. The fraction of sp³-hybridized carbons (Fsp3) is 0.250. The van der Waals surface area contributed by atoms with Crippen LogP contribution in [0.15, 0.2) is 71.7 Å². The van der Waals surface area contributed by atoms with Crippen molar-refractivity contribution in [2.45, 2.75) is 25.1 Å². The number of methoxy groups -OCH3 is 1. The number of rotatable bonds is 8. The van der Waals surface area contributed by atoms with Crippen LogP contribution in [-0.4, -0.2) is 47.6 Å². The van der Waals surface area contributed by atoms with E-state index in [1.807, 2.05) is 37.3 Å². The van der Waals surface area contributed by atoms with Crippen LogP contribution in [0.25, 0.3) is 0 Å². The van der Waals surface area contributed by atoms with E-state index in [9.17, 15) is 9.59 Å². The highest BCUT2D eigenvalue weighted by atomic mass is 32.2. The Balaban J connectivity index is 1.39. The molecule has 1 N–H and O–H groups in total. The molecule has 10 heteroatoms. The Kier molecular flexibility index (Phi) is 7.69. The van der Waals surface area contributed by atoms with Crippen molar-refractivity contribution in [1.29, 1.82) is 0 Å². The Labute approximate surface area is 224 Å². The van der Waals surface area contributed by atoms with Gasteiger partial charge in [0.05, 0.1) is 25.9 Å². The highest BCUT2D eigenvalue weighted by Crippen LogP contribution is 2.35. The summed E-state index contributed by atoms with van der Waals surface area (Å²) in [6, 6.07) is 20.0. The van der Waals surface area contributed by atoms with Crippen LogP contribution in [0.4, 0.5) is 11.4 Å². The number of fused-ring (bicyclic) bond motifs is 1. The normalized spacial score (nSPS) is 17.4. The first kappa shape index (κ1) is 25.5. The molecule has 3 aromatic carbocycles. The van der Waals surface area contributed by atoms with Gasteiger partial charge in [-0.1, -0.05) is 23.9 Å². The summed E-state index contributed by atoms with van der Waals surface area (Å²) in [5, 5.41) is 2.70. The van der Waals surface area contributed by atoms with Gasteiger partial charge in [-0.15, -0.1) is 0 Å². The highest BCUT2D eigenvalue weighted by Gasteiger charge is 2.36. The van der Waals surface area contributed by atoms with Crippen LogP contribution in [0.1, 0.15) is 18.9 Å². The van der Waals surface area contributed by atoms with Gasteiger partial charge in [-0.25, -0.2) is 4.99 Å². The number of ether oxygens (including phenoxy) is 4. The maximum Gasteiger partial charge on any atom is 0.238 e. The van der Waals surface area contributed by atoms with E-state index in [2.05, 4.69) is 5.32 Å². The predicted molar refractivity (Wildman–Crippen MR) is 145 cm³/mol.